The zero-order valence-corrected chi connectivity index (χ0v) is 10.1. The van der Waals surface area contributed by atoms with Gasteiger partial charge in [0, 0.05) is 0 Å². The van der Waals surface area contributed by atoms with E-state index in [1.165, 1.54) is 12.1 Å². The molecular weight excluding hydrogens is 253 g/mol. The van der Waals surface area contributed by atoms with Crippen molar-refractivity contribution in [1.29, 1.82) is 0 Å². The minimum Gasteiger partial charge on any atom is -0.223 e. The Morgan fingerprint density at radius 2 is 1.65 bits per heavy atom. The number of sulfone groups is 1. The first kappa shape index (κ1) is 14.0. The number of halogens is 3. The maximum absolute atomic E-state index is 12.1. The monoisotopic (exact) mass is 266 g/mol. The van der Waals surface area contributed by atoms with Crippen LogP contribution in [0.3, 0.4) is 0 Å². The summed E-state index contributed by atoms with van der Waals surface area (Å²) in [5.41, 5.74) is 0.915. The van der Waals surface area contributed by atoms with Crippen LogP contribution in [0.5, 0.6) is 0 Å². The molecule has 0 saturated heterocycles. The Kier molecular flexibility index (Phi) is 4.19. The van der Waals surface area contributed by atoms with E-state index in [1.807, 2.05) is 6.92 Å². The highest BCUT2D eigenvalue weighted by Crippen LogP contribution is 2.22. The summed E-state index contributed by atoms with van der Waals surface area (Å²) in [6.07, 6.45) is -3.03. The van der Waals surface area contributed by atoms with Crippen LogP contribution in [0.2, 0.25) is 0 Å². The van der Waals surface area contributed by atoms with Gasteiger partial charge >= 0.3 is 6.18 Å². The van der Waals surface area contributed by atoms with Crippen molar-refractivity contribution in [2.75, 3.05) is 5.75 Å². The molecule has 1 aromatic carbocycles. The summed E-state index contributed by atoms with van der Waals surface area (Å²) < 4.78 is 59.0. The summed E-state index contributed by atoms with van der Waals surface area (Å²) in [4.78, 5) is -0.283. The number of hydrogen-bond donors (Lipinski definition) is 0. The normalized spacial score (nSPS) is 12.7. The quantitative estimate of drug-likeness (QED) is 0.839. The average Bonchev–Trinajstić information content (AvgIpc) is 2.15. The van der Waals surface area contributed by atoms with Crippen LogP contribution >= 0.6 is 0 Å². The lowest BCUT2D eigenvalue weighted by Gasteiger charge is -2.08. The predicted molar refractivity (Wildman–Crippen MR) is 58.5 cm³/mol. The fourth-order valence-electron chi connectivity index (χ4n) is 1.45. The van der Waals surface area contributed by atoms with Crippen molar-refractivity contribution in [2.45, 2.75) is 30.8 Å². The summed E-state index contributed by atoms with van der Waals surface area (Å²) in [7, 11) is -4.27. The Labute approximate surface area is 98.4 Å². The maximum Gasteiger partial charge on any atom is 0.403 e. The Morgan fingerprint density at radius 3 is 2.06 bits per heavy atom. The molecule has 0 aromatic heterocycles. The molecule has 6 heteroatoms. The van der Waals surface area contributed by atoms with Crippen LogP contribution in [0.4, 0.5) is 13.2 Å². The van der Waals surface area contributed by atoms with Gasteiger partial charge in [0.05, 0.1) is 4.90 Å². The van der Waals surface area contributed by atoms with Crippen molar-refractivity contribution in [2.24, 2.45) is 0 Å². The largest absolute Gasteiger partial charge is 0.403 e. The van der Waals surface area contributed by atoms with E-state index in [4.69, 9.17) is 0 Å². The van der Waals surface area contributed by atoms with E-state index in [-0.39, 0.29) is 4.90 Å². The molecular formula is C11H13F3O2S. The number of rotatable bonds is 4. The molecule has 96 valence electrons. The lowest BCUT2D eigenvalue weighted by molar-refractivity contribution is -0.106. The molecule has 0 N–H and O–H groups in total. The molecule has 0 fully saturated rings. The molecule has 0 aliphatic rings. The Balaban J connectivity index is 2.93. The van der Waals surface area contributed by atoms with E-state index in [1.54, 1.807) is 12.1 Å². The summed E-state index contributed by atoms with van der Waals surface area (Å²) in [6.45, 7) is 1.97. The molecule has 1 rings (SSSR count). The van der Waals surface area contributed by atoms with Crippen molar-refractivity contribution < 1.29 is 21.6 Å². The zero-order valence-electron chi connectivity index (χ0n) is 9.29. The minimum atomic E-state index is -4.71. The Hall–Kier alpha value is -1.04. The number of benzene rings is 1. The highest BCUT2D eigenvalue weighted by atomic mass is 32.2. The lowest BCUT2D eigenvalue weighted by atomic mass is 10.1. The van der Waals surface area contributed by atoms with Gasteiger partial charge in [0.1, 0.15) is 0 Å². The Morgan fingerprint density at radius 1 is 1.12 bits per heavy atom. The van der Waals surface area contributed by atoms with Gasteiger partial charge in [0.2, 0.25) is 0 Å². The van der Waals surface area contributed by atoms with E-state index in [9.17, 15) is 21.6 Å². The van der Waals surface area contributed by atoms with Crippen molar-refractivity contribution in [3.05, 3.63) is 29.8 Å². The van der Waals surface area contributed by atoms with Gasteiger partial charge < -0.3 is 0 Å². The molecule has 0 aliphatic heterocycles. The van der Waals surface area contributed by atoms with E-state index in [2.05, 4.69) is 0 Å². The second-order valence-electron chi connectivity index (χ2n) is 3.77. The van der Waals surface area contributed by atoms with Gasteiger partial charge in [-0.2, -0.15) is 13.2 Å². The maximum atomic E-state index is 12.1. The van der Waals surface area contributed by atoms with Gasteiger partial charge in [0.25, 0.3) is 0 Å². The molecule has 0 saturated carbocycles. The number of alkyl halides is 3. The average molecular weight is 266 g/mol. The molecule has 2 nitrogen and oxygen atoms in total. The smallest absolute Gasteiger partial charge is 0.223 e. The summed E-state index contributed by atoms with van der Waals surface area (Å²) in [6, 6.07) is 5.55. The minimum absolute atomic E-state index is 0.283. The van der Waals surface area contributed by atoms with E-state index in [0.717, 1.165) is 18.4 Å². The predicted octanol–water partition coefficient (Wildman–Crippen LogP) is 2.98. The van der Waals surface area contributed by atoms with E-state index >= 15 is 0 Å². The van der Waals surface area contributed by atoms with Crippen LogP contribution < -0.4 is 0 Å². The first-order chi connectivity index (χ1) is 7.74. The summed E-state index contributed by atoms with van der Waals surface area (Å²) in [5.74, 6) is -1.81. The highest BCUT2D eigenvalue weighted by molar-refractivity contribution is 7.91. The lowest BCUT2D eigenvalue weighted by Crippen LogP contribution is -2.22. The molecule has 0 spiro atoms. The van der Waals surface area contributed by atoms with Gasteiger partial charge in [-0.1, -0.05) is 25.5 Å². The van der Waals surface area contributed by atoms with Crippen LogP contribution in [-0.4, -0.2) is 20.3 Å². The molecule has 1 aromatic rings. The summed E-state index contributed by atoms with van der Waals surface area (Å²) >= 11 is 0. The van der Waals surface area contributed by atoms with Gasteiger partial charge in [-0.3, -0.25) is 0 Å². The van der Waals surface area contributed by atoms with Crippen LogP contribution in [0.1, 0.15) is 18.9 Å². The van der Waals surface area contributed by atoms with Crippen LogP contribution in [-0.2, 0) is 16.3 Å². The molecule has 17 heavy (non-hydrogen) atoms. The van der Waals surface area contributed by atoms with Gasteiger partial charge in [-0.25, -0.2) is 8.42 Å². The molecule has 0 amide bonds. The van der Waals surface area contributed by atoms with Crippen molar-refractivity contribution >= 4 is 9.84 Å². The van der Waals surface area contributed by atoms with Crippen LogP contribution in [0.25, 0.3) is 0 Å². The standard InChI is InChI=1S/C11H13F3O2S/c1-2-3-9-4-6-10(7-5-9)17(15,16)8-11(12,13)14/h4-7H,2-3,8H2,1H3. The first-order valence-corrected chi connectivity index (χ1v) is 6.78. The summed E-state index contributed by atoms with van der Waals surface area (Å²) in [5, 5.41) is 0. The third-order valence-corrected chi connectivity index (χ3v) is 3.87. The second kappa shape index (κ2) is 5.08. The number of aryl methyl sites for hydroxylation is 1. The second-order valence-corrected chi connectivity index (χ2v) is 5.76. The molecule has 0 atom stereocenters. The number of hydrogen-bond acceptors (Lipinski definition) is 2. The van der Waals surface area contributed by atoms with Gasteiger partial charge in [-0.05, 0) is 24.1 Å². The molecule has 0 aliphatic carbocycles. The van der Waals surface area contributed by atoms with Gasteiger partial charge in [0.15, 0.2) is 15.6 Å². The van der Waals surface area contributed by atoms with Crippen molar-refractivity contribution in [1.82, 2.24) is 0 Å². The third-order valence-electron chi connectivity index (χ3n) is 2.17. The Bertz CT molecular complexity index is 460. The zero-order chi connectivity index (χ0) is 13.1. The van der Waals surface area contributed by atoms with Gasteiger partial charge in [-0.15, -0.1) is 0 Å². The topological polar surface area (TPSA) is 34.1 Å². The third kappa shape index (κ3) is 4.38. The van der Waals surface area contributed by atoms with Crippen LogP contribution in [0, 0.1) is 0 Å². The van der Waals surface area contributed by atoms with E-state index < -0.39 is 21.8 Å². The van der Waals surface area contributed by atoms with Crippen molar-refractivity contribution in [3.8, 4) is 0 Å². The molecule has 0 heterocycles. The molecule has 0 bridgehead atoms. The van der Waals surface area contributed by atoms with E-state index in [0.29, 0.717) is 0 Å². The fourth-order valence-corrected chi connectivity index (χ4v) is 2.60. The molecule has 0 radical (unpaired) electrons. The molecule has 0 unspecified atom stereocenters. The van der Waals surface area contributed by atoms with Crippen LogP contribution in [0.15, 0.2) is 29.2 Å². The first-order valence-electron chi connectivity index (χ1n) is 5.13. The highest BCUT2D eigenvalue weighted by Gasteiger charge is 2.35. The van der Waals surface area contributed by atoms with Crippen molar-refractivity contribution in [3.63, 3.8) is 0 Å². The fraction of sp³-hybridized carbons (Fsp3) is 0.455. The SMILES string of the molecule is CCCc1ccc(S(=O)(=O)CC(F)(F)F)cc1.